The molecule has 3 nitrogen and oxygen atoms in total. The van der Waals surface area contributed by atoms with Gasteiger partial charge in [0.2, 0.25) is 0 Å². The second kappa shape index (κ2) is 6.60. The van der Waals surface area contributed by atoms with Gasteiger partial charge in [-0.1, -0.05) is 6.55 Å². The maximum atomic E-state index is 5.43. The third-order valence-corrected chi connectivity index (χ3v) is 2.35. The summed E-state index contributed by atoms with van der Waals surface area (Å²) in [7, 11) is 0.473. The van der Waals surface area contributed by atoms with Crippen LogP contribution in [0.1, 0.15) is 20.8 Å². The van der Waals surface area contributed by atoms with Gasteiger partial charge in [0.1, 0.15) is 0 Å². The highest BCUT2D eigenvalue weighted by atomic mass is 28.2. The molecule has 0 saturated heterocycles. The molecule has 0 aliphatic heterocycles. The summed E-state index contributed by atoms with van der Waals surface area (Å²) in [5.74, 6) is 0. The molecule has 0 bridgehead atoms. The molecule has 0 aromatic heterocycles. The van der Waals surface area contributed by atoms with Crippen LogP contribution in [0.2, 0.25) is 6.55 Å². The Labute approximate surface area is 77.2 Å². The van der Waals surface area contributed by atoms with Gasteiger partial charge in [0.15, 0.2) is 9.52 Å². The van der Waals surface area contributed by atoms with Gasteiger partial charge < -0.3 is 14.2 Å². The fraction of sp³-hybridized carbons (Fsp3) is 1.00. The predicted molar refractivity (Wildman–Crippen MR) is 49.2 cm³/mol. The van der Waals surface area contributed by atoms with Crippen molar-refractivity contribution in [3.8, 4) is 0 Å². The van der Waals surface area contributed by atoms with E-state index in [2.05, 4.69) is 0 Å². The average Bonchev–Trinajstić information content (AvgIpc) is 2.06. The largest absolute Gasteiger partial charge is 0.332 e. The van der Waals surface area contributed by atoms with Crippen molar-refractivity contribution < 1.29 is 14.2 Å². The summed E-state index contributed by atoms with van der Waals surface area (Å²) < 4.78 is 16.3. The maximum Gasteiger partial charge on any atom is 0.251 e. The number of ether oxygens (including phenoxy) is 3. The van der Waals surface area contributed by atoms with Crippen molar-refractivity contribution in [3.05, 3.63) is 0 Å². The van der Waals surface area contributed by atoms with E-state index in [0.29, 0.717) is 29.3 Å². The Morgan fingerprint density at radius 1 is 0.917 bits per heavy atom. The monoisotopic (exact) mass is 190 g/mol. The van der Waals surface area contributed by atoms with Crippen molar-refractivity contribution in [1.82, 2.24) is 0 Å². The molecule has 4 heteroatoms. The molecule has 0 atom stereocenters. The van der Waals surface area contributed by atoms with E-state index in [4.69, 9.17) is 14.2 Å². The highest BCUT2D eigenvalue weighted by Gasteiger charge is 2.29. The lowest BCUT2D eigenvalue weighted by molar-refractivity contribution is -0.322. The molecule has 0 fully saturated rings. The van der Waals surface area contributed by atoms with Gasteiger partial charge in [-0.15, -0.1) is 0 Å². The third kappa shape index (κ3) is 3.67. The third-order valence-electron chi connectivity index (χ3n) is 1.31. The zero-order valence-corrected chi connectivity index (χ0v) is 9.35. The van der Waals surface area contributed by atoms with E-state index in [1.54, 1.807) is 0 Å². The molecular weight excluding hydrogens is 172 g/mol. The van der Waals surface area contributed by atoms with Crippen molar-refractivity contribution >= 4 is 9.52 Å². The van der Waals surface area contributed by atoms with E-state index in [1.807, 2.05) is 27.3 Å². The Balaban J connectivity index is 4.06. The maximum absolute atomic E-state index is 5.43. The molecule has 0 aliphatic carbocycles. The first-order valence-corrected chi connectivity index (χ1v) is 5.85. The topological polar surface area (TPSA) is 27.7 Å². The van der Waals surface area contributed by atoms with Crippen LogP contribution in [0.15, 0.2) is 0 Å². The summed E-state index contributed by atoms with van der Waals surface area (Å²) >= 11 is 0. The molecule has 0 amide bonds. The van der Waals surface area contributed by atoms with Crippen molar-refractivity contribution in [2.24, 2.45) is 0 Å². The predicted octanol–water partition coefficient (Wildman–Crippen LogP) is 1.46. The van der Waals surface area contributed by atoms with Crippen LogP contribution >= 0.6 is 0 Å². The first kappa shape index (κ1) is 12.1. The van der Waals surface area contributed by atoms with Gasteiger partial charge in [-0.3, -0.25) is 0 Å². The lowest BCUT2D eigenvalue weighted by atomic mass is 10.8. The van der Waals surface area contributed by atoms with Gasteiger partial charge >= 0.3 is 0 Å². The highest BCUT2D eigenvalue weighted by Crippen LogP contribution is 2.13. The molecule has 0 aromatic rings. The van der Waals surface area contributed by atoms with Gasteiger partial charge in [-0.05, 0) is 20.8 Å². The standard InChI is InChI=1S/C8H18O3Si/c1-5-9-8(12-4,10-6-2)11-7-3/h5-7H2,1-4H3. The van der Waals surface area contributed by atoms with Crippen LogP contribution in [0.4, 0.5) is 0 Å². The molecule has 0 spiro atoms. The second-order valence-electron chi connectivity index (χ2n) is 2.11. The zero-order chi connectivity index (χ0) is 9.45. The molecule has 0 saturated carbocycles. The van der Waals surface area contributed by atoms with Gasteiger partial charge in [0, 0.05) is 19.8 Å². The molecule has 12 heavy (non-hydrogen) atoms. The first-order chi connectivity index (χ1) is 5.74. The Hall–Kier alpha value is 0.0969. The van der Waals surface area contributed by atoms with Gasteiger partial charge in [0.05, 0.1) is 0 Å². The lowest BCUT2D eigenvalue weighted by Gasteiger charge is -2.31. The fourth-order valence-electron chi connectivity index (χ4n) is 0.912. The van der Waals surface area contributed by atoms with Crippen LogP contribution < -0.4 is 0 Å². The fourth-order valence-corrected chi connectivity index (χ4v) is 1.78. The normalized spacial score (nSPS) is 12.0. The SMILES string of the molecule is CCOC(OCC)(OCC)[Si]C. The summed E-state index contributed by atoms with van der Waals surface area (Å²) in [4.78, 5) is 0. The zero-order valence-electron chi connectivity index (χ0n) is 8.35. The van der Waals surface area contributed by atoms with Crippen LogP contribution in [0.25, 0.3) is 0 Å². The van der Waals surface area contributed by atoms with Crippen molar-refractivity contribution in [2.75, 3.05) is 19.8 Å². The lowest BCUT2D eigenvalue weighted by Crippen LogP contribution is -2.44. The Morgan fingerprint density at radius 2 is 1.25 bits per heavy atom. The van der Waals surface area contributed by atoms with Crippen molar-refractivity contribution in [1.29, 1.82) is 0 Å². The van der Waals surface area contributed by atoms with Crippen LogP contribution in [-0.2, 0) is 14.2 Å². The Bertz CT molecular complexity index is 91.5. The van der Waals surface area contributed by atoms with Gasteiger partial charge in [-0.25, -0.2) is 0 Å². The molecular formula is C8H18O3Si. The smallest absolute Gasteiger partial charge is 0.251 e. The van der Waals surface area contributed by atoms with E-state index in [1.165, 1.54) is 0 Å². The molecule has 0 unspecified atom stereocenters. The quantitative estimate of drug-likeness (QED) is 0.449. The van der Waals surface area contributed by atoms with E-state index in [-0.39, 0.29) is 0 Å². The number of hydrogen-bond donors (Lipinski definition) is 0. The van der Waals surface area contributed by atoms with E-state index < -0.39 is 5.60 Å². The molecule has 72 valence electrons. The molecule has 0 rings (SSSR count). The minimum Gasteiger partial charge on any atom is -0.332 e. The van der Waals surface area contributed by atoms with Crippen molar-refractivity contribution in [3.63, 3.8) is 0 Å². The molecule has 0 aliphatic rings. The molecule has 0 aromatic carbocycles. The van der Waals surface area contributed by atoms with Crippen LogP contribution in [0.3, 0.4) is 0 Å². The second-order valence-corrected chi connectivity index (χ2v) is 3.22. The molecule has 0 N–H and O–H groups in total. The summed E-state index contributed by atoms with van der Waals surface area (Å²) in [6.07, 6.45) is 0. The van der Waals surface area contributed by atoms with E-state index >= 15 is 0 Å². The van der Waals surface area contributed by atoms with E-state index in [0.717, 1.165) is 0 Å². The Morgan fingerprint density at radius 3 is 1.42 bits per heavy atom. The van der Waals surface area contributed by atoms with E-state index in [9.17, 15) is 0 Å². The molecule has 0 heterocycles. The number of hydrogen-bond acceptors (Lipinski definition) is 3. The molecule has 2 radical (unpaired) electrons. The Kier molecular flexibility index (Phi) is 6.65. The van der Waals surface area contributed by atoms with Crippen molar-refractivity contribution in [2.45, 2.75) is 32.9 Å². The number of rotatable bonds is 7. The minimum absolute atomic E-state index is 0.473. The average molecular weight is 190 g/mol. The van der Waals surface area contributed by atoms with Gasteiger partial charge in [-0.2, -0.15) is 0 Å². The van der Waals surface area contributed by atoms with Crippen LogP contribution in [0.5, 0.6) is 0 Å². The summed E-state index contributed by atoms with van der Waals surface area (Å²) in [5.41, 5.74) is -0.780. The van der Waals surface area contributed by atoms with Crippen LogP contribution in [0, 0.1) is 0 Å². The van der Waals surface area contributed by atoms with Gasteiger partial charge in [0.25, 0.3) is 5.60 Å². The summed E-state index contributed by atoms with van der Waals surface area (Å²) in [6.45, 7) is 9.66. The summed E-state index contributed by atoms with van der Waals surface area (Å²) in [5, 5.41) is 0. The summed E-state index contributed by atoms with van der Waals surface area (Å²) in [6, 6.07) is 0. The first-order valence-electron chi connectivity index (χ1n) is 4.35. The minimum atomic E-state index is -0.780. The van der Waals surface area contributed by atoms with Crippen LogP contribution in [-0.4, -0.2) is 34.9 Å². The highest BCUT2D eigenvalue weighted by molar-refractivity contribution is 6.36.